The SMILES string of the molecule is CCOC(=O)[C@H](C)Oc1cccc2c(=O)n(CC(=O)Nc3cccc(Cl)c3)ccc12. The van der Waals surface area contributed by atoms with E-state index in [1.165, 1.54) is 10.8 Å². The van der Waals surface area contributed by atoms with Crippen LogP contribution in [0.4, 0.5) is 5.69 Å². The summed E-state index contributed by atoms with van der Waals surface area (Å²) in [5.41, 5.74) is 0.202. The van der Waals surface area contributed by atoms with E-state index in [2.05, 4.69) is 5.32 Å². The Morgan fingerprint density at radius 3 is 2.63 bits per heavy atom. The van der Waals surface area contributed by atoms with Gasteiger partial charge in [-0.2, -0.15) is 0 Å². The van der Waals surface area contributed by atoms with Gasteiger partial charge in [0.15, 0.2) is 6.10 Å². The first-order valence-corrected chi connectivity index (χ1v) is 9.77. The molecule has 1 atom stereocenters. The van der Waals surface area contributed by atoms with Gasteiger partial charge in [0.1, 0.15) is 12.3 Å². The Bertz CT molecular complexity index is 1140. The number of anilines is 1. The summed E-state index contributed by atoms with van der Waals surface area (Å²) in [4.78, 5) is 37.0. The smallest absolute Gasteiger partial charge is 0.347 e. The number of ether oxygens (including phenoxy) is 2. The summed E-state index contributed by atoms with van der Waals surface area (Å²) in [7, 11) is 0. The molecule has 7 nitrogen and oxygen atoms in total. The largest absolute Gasteiger partial charge is 0.478 e. The van der Waals surface area contributed by atoms with Gasteiger partial charge in [-0.3, -0.25) is 9.59 Å². The minimum Gasteiger partial charge on any atom is -0.478 e. The van der Waals surface area contributed by atoms with Crippen molar-refractivity contribution in [3.63, 3.8) is 0 Å². The lowest BCUT2D eigenvalue weighted by Gasteiger charge is -2.15. The van der Waals surface area contributed by atoms with Crippen molar-refractivity contribution in [2.75, 3.05) is 11.9 Å². The molecule has 3 rings (SSSR count). The van der Waals surface area contributed by atoms with Crippen LogP contribution in [0, 0.1) is 0 Å². The number of nitrogens with zero attached hydrogens (tertiary/aromatic N) is 1. The van der Waals surface area contributed by atoms with Crippen LogP contribution >= 0.6 is 11.6 Å². The highest BCUT2D eigenvalue weighted by atomic mass is 35.5. The molecule has 156 valence electrons. The van der Waals surface area contributed by atoms with Crippen molar-refractivity contribution in [3.8, 4) is 5.75 Å². The Labute approximate surface area is 178 Å². The highest BCUT2D eigenvalue weighted by Crippen LogP contribution is 2.24. The van der Waals surface area contributed by atoms with Crippen molar-refractivity contribution in [3.05, 3.63) is 70.1 Å². The standard InChI is InChI=1S/C22H21ClN2O5/c1-3-29-22(28)14(2)30-19-9-5-8-18-17(19)10-11-25(21(18)27)13-20(26)24-16-7-4-6-15(23)12-16/h4-12,14H,3,13H2,1-2H3,(H,24,26)/t14-/m0/s1. The van der Waals surface area contributed by atoms with E-state index in [-0.39, 0.29) is 24.6 Å². The number of hydrogen-bond acceptors (Lipinski definition) is 5. The minimum atomic E-state index is -0.818. The second-order valence-corrected chi connectivity index (χ2v) is 6.97. The molecule has 1 aromatic heterocycles. The summed E-state index contributed by atoms with van der Waals surface area (Å²) in [6.45, 7) is 3.39. The molecule has 8 heteroatoms. The zero-order valence-electron chi connectivity index (χ0n) is 16.6. The van der Waals surface area contributed by atoms with E-state index in [4.69, 9.17) is 21.1 Å². The third kappa shape index (κ3) is 4.99. The van der Waals surface area contributed by atoms with Crippen molar-refractivity contribution in [1.82, 2.24) is 4.57 Å². The molecule has 30 heavy (non-hydrogen) atoms. The summed E-state index contributed by atoms with van der Waals surface area (Å²) < 4.78 is 11.9. The summed E-state index contributed by atoms with van der Waals surface area (Å²) in [5.74, 6) is -0.455. The van der Waals surface area contributed by atoms with E-state index >= 15 is 0 Å². The predicted molar refractivity (Wildman–Crippen MR) is 115 cm³/mol. The highest BCUT2D eigenvalue weighted by molar-refractivity contribution is 6.30. The van der Waals surface area contributed by atoms with Crippen LogP contribution in [0.3, 0.4) is 0 Å². The van der Waals surface area contributed by atoms with Crippen molar-refractivity contribution in [2.24, 2.45) is 0 Å². The molecule has 3 aromatic rings. The lowest BCUT2D eigenvalue weighted by molar-refractivity contribution is -0.150. The Balaban J connectivity index is 1.81. The number of benzene rings is 2. The summed E-state index contributed by atoms with van der Waals surface area (Å²) in [6.07, 6.45) is 0.700. The number of halogens is 1. The summed E-state index contributed by atoms with van der Waals surface area (Å²) in [6, 6.07) is 13.4. The molecule has 0 spiro atoms. The number of carbonyl (C=O) groups excluding carboxylic acids is 2. The zero-order chi connectivity index (χ0) is 21.7. The van der Waals surface area contributed by atoms with Crippen LogP contribution in [0.25, 0.3) is 10.8 Å². The van der Waals surface area contributed by atoms with Crippen molar-refractivity contribution < 1.29 is 19.1 Å². The maximum atomic E-state index is 12.9. The molecule has 0 saturated carbocycles. The number of hydrogen-bond donors (Lipinski definition) is 1. The minimum absolute atomic E-state index is 0.161. The topological polar surface area (TPSA) is 86.6 Å². The Hall–Kier alpha value is -3.32. The summed E-state index contributed by atoms with van der Waals surface area (Å²) >= 11 is 5.92. The first kappa shape index (κ1) is 21.4. The third-order valence-corrected chi connectivity index (χ3v) is 4.56. The van der Waals surface area contributed by atoms with Gasteiger partial charge < -0.3 is 19.4 Å². The van der Waals surface area contributed by atoms with Crippen LogP contribution in [0.15, 0.2) is 59.5 Å². The Kier molecular flexibility index (Phi) is 6.74. The molecule has 0 radical (unpaired) electrons. The average molecular weight is 429 g/mol. The van der Waals surface area contributed by atoms with Gasteiger partial charge in [-0.25, -0.2) is 4.79 Å². The number of pyridine rings is 1. The van der Waals surface area contributed by atoms with Crippen LogP contribution in [0.5, 0.6) is 5.75 Å². The molecule has 2 aromatic carbocycles. The normalized spacial score (nSPS) is 11.7. The molecule has 0 unspecified atom stereocenters. The molecule has 1 amide bonds. The molecule has 1 heterocycles. The van der Waals surface area contributed by atoms with E-state index < -0.39 is 12.1 Å². The van der Waals surface area contributed by atoms with E-state index in [0.29, 0.717) is 27.2 Å². The molecular weight excluding hydrogens is 408 g/mol. The van der Waals surface area contributed by atoms with Crippen LogP contribution in [-0.4, -0.2) is 29.2 Å². The monoisotopic (exact) mass is 428 g/mol. The van der Waals surface area contributed by atoms with Gasteiger partial charge in [0.25, 0.3) is 5.56 Å². The number of rotatable bonds is 7. The molecule has 0 aliphatic heterocycles. The van der Waals surface area contributed by atoms with Gasteiger partial charge in [-0.15, -0.1) is 0 Å². The van der Waals surface area contributed by atoms with Crippen LogP contribution in [-0.2, 0) is 20.9 Å². The first-order chi connectivity index (χ1) is 14.4. The van der Waals surface area contributed by atoms with E-state index in [0.717, 1.165) is 0 Å². The van der Waals surface area contributed by atoms with Gasteiger partial charge in [0.05, 0.1) is 12.0 Å². The fourth-order valence-electron chi connectivity index (χ4n) is 2.94. The summed E-state index contributed by atoms with van der Waals surface area (Å²) in [5, 5.41) is 4.13. The van der Waals surface area contributed by atoms with E-state index in [1.54, 1.807) is 62.4 Å². The van der Waals surface area contributed by atoms with Crippen molar-refractivity contribution in [2.45, 2.75) is 26.5 Å². The van der Waals surface area contributed by atoms with E-state index in [1.807, 2.05) is 0 Å². The second-order valence-electron chi connectivity index (χ2n) is 6.54. The lowest BCUT2D eigenvalue weighted by Crippen LogP contribution is -2.28. The Morgan fingerprint density at radius 2 is 1.90 bits per heavy atom. The highest BCUT2D eigenvalue weighted by Gasteiger charge is 2.18. The lowest BCUT2D eigenvalue weighted by atomic mass is 10.1. The van der Waals surface area contributed by atoms with Crippen molar-refractivity contribution in [1.29, 1.82) is 0 Å². The first-order valence-electron chi connectivity index (χ1n) is 9.40. The molecule has 0 bridgehead atoms. The maximum absolute atomic E-state index is 12.9. The Morgan fingerprint density at radius 1 is 1.13 bits per heavy atom. The molecule has 0 aliphatic carbocycles. The molecular formula is C22H21ClN2O5. The fraction of sp³-hybridized carbons (Fsp3) is 0.227. The van der Waals surface area contributed by atoms with Crippen LogP contribution in [0.1, 0.15) is 13.8 Å². The third-order valence-electron chi connectivity index (χ3n) is 4.32. The van der Waals surface area contributed by atoms with Gasteiger partial charge in [0.2, 0.25) is 5.91 Å². The number of esters is 1. The molecule has 0 fully saturated rings. The molecule has 1 N–H and O–H groups in total. The predicted octanol–water partition coefficient (Wildman–Crippen LogP) is 3.62. The van der Waals surface area contributed by atoms with Gasteiger partial charge in [-0.1, -0.05) is 23.7 Å². The second kappa shape index (κ2) is 9.45. The number of carbonyl (C=O) groups is 2. The number of fused-ring (bicyclic) bond motifs is 1. The van der Waals surface area contributed by atoms with Crippen molar-refractivity contribution >= 4 is 39.9 Å². The number of aromatic nitrogens is 1. The van der Waals surface area contributed by atoms with Gasteiger partial charge >= 0.3 is 5.97 Å². The number of nitrogens with one attached hydrogen (secondary N) is 1. The number of amides is 1. The van der Waals surface area contributed by atoms with Crippen LogP contribution in [0.2, 0.25) is 5.02 Å². The van der Waals surface area contributed by atoms with Gasteiger partial charge in [-0.05, 0) is 50.2 Å². The quantitative estimate of drug-likeness (QED) is 0.581. The molecule has 0 aliphatic rings. The molecule has 0 saturated heterocycles. The van der Waals surface area contributed by atoms with E-state index in [9.17, 15) is 14.4 Å². The van der Waals surface area contributed by atoms with Gasteiger partial charge in [0, 0.05) is 22.3 Å². The zero-order valence-corrected chi connectivity index (χ0v) is 17.3. The van der Waals surface area contributed by atoms with Crippen LogP contribution < -0.4 is 15.6 Å². The maximum Gasteiger partial charge on any atom is 0.347 e. The average Bonchev–Trinajstić information content (AvgIpc) is 2.70. The fourth-order valence-corrected chi connectivity index (χ4v) is 3.13.